The Hall–Kier alpha value is -2.79. The topological polar surface area (TPSA) is 52.6 Å². The Morgan fingerprint density at radius 1 is 0.741 bits per heavy atom. The van der Waals surface area contributed by atoms with Crippen LogP contribution >= 0.6 is 0 Å². The summed E-state index contributed by atoms with van der Waals surface area (Å²) >= 11 is 0. The Morgan fingerprint density at radius 3 is 2.00 bits per heavy atom. The largest absolute Gasteiger partial charge is 0.489 e. The van der Waals surface area contributed by atoms with Crippen molar-refractivity contribution in [1.29, 1.82) is 0 Å². The van der Waals surface area contributed by atoms with Crippen molar-refractivity contribution in [3.63, 3.8) is 0 Å². The van der Waals surface area contributed by atoms with Gasteiger partial charge in [0.25, 0.3) is 0 Å². The lowest BCUT2D eigenvalue weighted by molar-refractivity contribution is 0.306. The van der Waals surface area contributed by atoms with Crippen LogP contribution in [-0.4, -0.2) is 8.42 Å². The molecule has 0 saturated heterocycles. The second kappa shape index (κ2) is 7.84. The van der Waals surface area contributed by atoms with E-state index in [2.05, 4.69) is 0 Å². The Kier molecular flexibility index (Phi) is 5.51. The Balaban J connectivity index is 1.71. The van der Waals surface area contributed by atoms with Crippen LogP contribution in [-0.2, 0) is 16.7 Å². The van der Waals surface area contributed by atoms with Gasteiger partial charge < -0.3 is 8.92 Å². The number of rotatable bonds is 6. The van der Waals surface area contributed by atoms with E-state index in [1.54, 1.807) is 37.3 Å². The zero-order valence-electron chi connectivity index (χ0n) is 15.6. The van der Waals surface area contributed by atoms with E-state index >= 15 is 0 Å². The Bertz CT molecular complexity index is 1020. The summed E-state index contributed by atoms with van der Waals surface area (Å²) in [6, 6.07) is 19.9. The fourth-order valence-electron chi connectivity index (χ4n) is 2.71. The minimum Gasteiger partial charge on any atom is -0.489 e. The van der Waals surface area contributed by atoms with Crippen molar-refractivity contribution in [3.05, 3.63) is 89.0 Å². The van der Waals surface area contributed by atoms with Crippen molar-refractivity contribution in [2.75, 3.05) is 0 Å². The number of aryl methyl sites for hydroxylation is 3. The summed E-state index contributed by atoms with van der Waals surface area (Å²) in [5.74, 6) is 0.894. The molecule has 0 aromatic heterocycles. The van der Waals surface area contributed by atoms with Crippen molar-refractivity contribution in [2.45, 2.75) is 32.3 Å². The summed E-state index contributed by atoms with van der Waals surface area (Å²) in [5.41, 5.74) is 3.69. The smallest absolute Gasteiger partial charge is 0.339 e. The molecule has 27 heavy (non-hydrogen) atoms. The minimum atomic E-state index is -3.89. The van der Waals surface area contributed by atoms with Gasteiger partial charge in [-0.05, 0) is 73.4 Å². The van der Waals surface area contributed by atoms with Crippen LogP contribution in [0.25, 0.3) is 0 Å². The van der Waals surface area contributed by atoms with Gasteiger partial charge in [-0.15, -0.1) is 0 Å². The van der Waals surface area contributed by atoms with Gasteiger partial charge >= 0.3 is 10.1 Å². The maximum Gasteiger partial charge on any atom is 0.339 e. The predicted molar refractivity (Wildman–Crippen MR) is 106 cm³/mol. The van der Waals surface area contributed by atoms with Gasteiger partial charge in [0.2, 0.25) is 0 Å². The summed E-state index contributed by atoms with van der Waals surface area (Å²) in [7, 11) is -3.89. The zero-order valence-corrected chi connectivity index (χ0v) is 16.4. The van der Waals surface area contributed by atoms with Gasteiger partial charge in [-0.2, -0.15) is 8.42 Å². The molecule has 4 nitrogen and oxygen atoms in total. The normalized spacial score (nSPS) is 11.2. The highest BCUT2D eigenvalue weighted by Gasteiger charge is 2.20. The van der Waals surface area contributed by atoms with Crippen LogP contribution in [0.1, 0.15) is 22.3 Å². The SMILES string of the molecule is Cc1cc(C)c(S(=O)(=O)Oc2ccc(OCc3ccccc3)cc2)cc1C. The Labute approximate surface area is 160 Å². The average Bonchev–Trinajstić information content (AvgIpc) is 2.64. The molecule has 0 heterocycles. The van der Waals surface area contributed by atoms with Crippen molar-refractivity contribution in [1.82, 2.24) is 0 Å². The molecular formula is C22H22O4S. The van der Waals surface area contributed by atoms with Gasteiger partial charge in [-0.25, -0.2) is 0 Å². The Morgan fingerprint density at radius 2 is 1.33 bits per heavy atom. The molecule has 0 aliphatic carbocycles. The van der Waals surface area contributed by atoms with Gasteiger partial charge in [0.15, 0.2) is 0 Å². The van der Waals surface area contributed by atoms with Crippen LogP contribution in [0.4, 0.5) is 0 Å². The molecular weight excluding hydrogens is 360 g/mol. The van der Waals surface area contributed by atoms with E-state index in [4.69, 9.17) is 8.92 Å². The molecule has 0 aliphatic heterocycles. The highest BCUT2D eigenvalue weighted by Crippen LogP contribution is 2.25. The molecule has 0 fully saturated rings. The molecule has 0 bridgehead atoms. The number of hydrogen-bond donors (Lipinski definition) is 0. The molecule has 0 radical (unpaired) electrons. The number of ether oxygens (including phenoxy) is 1. The van der Waals surface area contributed by atoms with E-state index in [1.165, 1.54) is 0 Å². The third kappa shape index (κ3) is 4.68. The van der Waals surface area contributed by atoms with Gasteiger partial charge in [0, 0.05) is 0 Å². The minimum absolute atomic E-state index is 0.190. The molecule has 0 unspecified atom stereocenters. The van der Waals surface area contributed by atoms with Crippen LogP contribution in [0.3, 0.4) is 0 Å². The summed E-state index contributed by atoms with van der Waals surface area (Å²) < 4.78 is 36.3. The number of hydrogen-bond acceptors (Lipinski definition) is 4. The molecule has 140 valence electrons. The molecule has 0 amide bonds. The van der Waals surface area contributed by atoms with Crippen molar-refractivity contribution in [3.8, 4) is 11.5 Å². The van der Waals surface area contributed by atoms with Gasteiger partial charge in [-0.1, -0.05) is 36.4 Å². The fraction of sp³-hybridized carbons (Fsp3) is 0.182. The summed E-state index contributed by atoms with van der Waals surface area (Å²) in [4.78, 5) is 0.190. The standard InChI is InChI=1S/C22H22O4S/c1-16-13-18(3)22(14-17(16)2)27(23,24)26-21-11-9-20(10-12-21)25-15-19-7-5-4-6-8-19/h4-14H,15H2,1-3H3. The lowest BCUT2D eigenvalue weighted by Gasteiger charge is -2.12. The van der Waals surface area contributed by atoms with Crippen molar-refractivity contribution in [2.24, 2.45) is 0 Å². The molecule has 3 aromatic rings. The van der Waals surface area contributed by atoms with Crippen molar-refractivity contribution >= 4 is 10.1 Å². The van der Waals surface area contributed by atoms with Crippen LogP contribution in [0.2, 0.25) is 0 Å². The third-order valence-electron chi connectivity index (χ3n) is 4.34. The van der Waals surface area contributed by atoms with E-state index in [0.717, 1.165) is 16.7 Å². The maximum absolute atomic E-state index is 12.6. The number of benzene rings is 3. The van der Waals surface area contributed by atoms with Crippen LogP contribution in [0.15, 0.2) is 71.6 Å². The third-order valence-corrected chi connectivity index (χ3v) is 5.73. The highest BCUT2D eigenvalue weighted by atomic mass is 32.2. The molecule has 0 aliphatic rings. The van der Waals surface area contributed by atoms with Crippen LogP contribution in [0.5, 0.6) is 11.5 Å². The molecule has 5 heteroatoms. The molecule has 3 rings (SSSR count). The zero-order chi connectivity index (χ0) is 19.4. The summed E-state index contributed by atoms with van der Waals surface area (Å²) in [6.07, 6.45) is 0. The van der Waals surface area contributed by atoms with Crippen molar-refractivity contribution < 1.29 is 17.3 Å². The van der Waals surface area contributed by atoms with E-state index < -0.39 is 10.1 Å². The van der Waals surface area contributed by atoms with E-state index in [9.17, 15) is 8.42 Å². The highest BCUT2D eigenvalue weighted by molar-refractivity contribution is 7.87. The molecule has 0 saturated carbocycles. The second-order valence-corrected chi connectivity index (χ2v) is 8.00. The van der Waals surface area contributed by atoms with E-state index in [1.807, 2.05) is 50.2 Å². The van der Waals surface area contributed by atoms with E-state index in [0.29, 0.717) is 17.9 Å². The van der Waals surface area contributed by atoms with Gasteiger partial charge in [0.05, 0.1) is 0 Å². The second-order valence-electron chi connectivity index (χ2n) is 6.49. The summed E-state index contributed by atoms with van der Waals surface area (Å²) in [6.45, 7) is 6.05. The van der Waals surface area contributed by atoms with E-state index in [-0.39, 0.29) is 10.6 Å². The average molecular weight is 382 g/mol. The molecule has 0 spiro atoms. The van der Waals surface area contributed by atoms with Crippen LogP contribution < -0.4 is 8.92 Å². The molecule has 0 atom stereocenters. The fourth-order valence-corrected chi connectivity index (χ4v) is 3.94. The maximum atomic E-state index is 12.6. The van der Waals surface area contributed by atoms with Gasteiger partial charge in [0.1, 0.15) is 23.0 Å². The molecule has 0 N–H and O–H groups in total. The first-order valence-electron chi connectivity index (χ1n) is 8.64. The molecule has 3 aromatic carbocycles. The first-order chi connectivity index (χ1) is 12.8. The lowest BCUT2D eigenvalue weighted by atomic mass is 10.1. The van der Waals surface area contributed by atoms with Crippen LogP contribution in [0, 0.1) is 20.8 Å². The predicted octanol–water partition coefficient (Wildman–Crippen LogP) is 4.96. The lowest BCUT2D eigenvalue weighted by Crippen LogP contribution is -2.12. The summed E-state index contributed by atoms with van der Waals surface area (Å²) in [5, 5.41) is 0. The first kappa shape index (κ1) is 19.0. The first-order valence-corrected chi connectivity index (χ1v) is 10.0. The quantitative estimate of drug-likeness (QED) is 0.566. The van der Waals surface area contributed by atoms with Gasteiger partial charge in [-0.3, -0.25) is 0 Å². The monoisotopic (exact) mass is 382 g/mol.